The standard InChI is InChI=1S/C19H16ClFOSi/c1-23(2,3)10-9-13-5-4-6-17(20)19(13)16-12-22-18-8-7-14(21)11-15(16)18/h4-8,11-12H,1-3H3. The van der Waals surface area contributed by atoms with E-state index in [9.17, 15) is 4.39 Å². The molecular weight excluding hydrogens is 327 g/mol. The Kier molecular flexibility index (Phi) is 4.05. The molecule has 3 rings (SSSR count). The molecule has 0 spiro atoms. The number of hydrogen-bond acceptors (Lipinski definition) is 1. The summed E-state index contributed by atoms with van der Waals surface area (Å²) in [6.07, 6.45) is 1.62. The van der Waals surface area contributed by atoms with Crippen molar-refractivity contribution in [3.05, 3.63) is 59.1 Å². The second-order valence-corrected chi connectivity index (χ2v) is 11.6. The van der Waals surface area contributed by atoms with Gasteiger partial charge in [-0.15, -0.1) is 5.54 Å². The summed E-state index contributed by atoms with van der Waals surface area (Å²) in [5, 5.41) is 1.29. The van der Waals surface area contributed by atoms with Gasteiger partial charge in [0.25, 0.3) is 0 Å². The maximum absolute atomic E-state index is 13.6. The third-order valence-electron chi connectivity index (χ3n) is 3.39. The van der Waals surface area contributed by atoms with Crippen molar-refractivity contribution in [2.45, 2.75) is 19.6 Å². The van der Waals surface area contributed by atoms with Gasteiger partial charge in [-0.25, -0.2) is 4.39 Å². The number of fused-ring (bicyclic) bond motifs is 1. The molecule has 0 unspecified atom stereocenters. The second kappa shape index (κ2) is 5.88. The summed E-state index contributed by atoms with van der Waals surface area (Å²) >= 11 is 6.42. The van der Waals surface area contributed by atoms with Crippen molar-refractivity contribution >= 4 is 30.6 Å². The Bertz CT molecular complexity index is 941. The predicted molar refractivity (Wildman–Crippen MR) is 96.8 cm³/mol. The number of hydrogen-bond donors (Lipinski definition) is 0. The Labute approximate surface area is 141 Å². The first-order chi connectivity index (χ1) is 10.8. The molecule has 3 aromatic rings. The molecule has 4 heteroatoms. The Balaban J connectivity index is 2.26. The van der Waals surface area contributed by atoms with Crippen molar-refractivity contribution in [3.63, 3.8) is 0 Å². The van der Waals surface area contributed by atoms with Crippen LogP contribution in [-0.2, 0) is 0 Å². The van der Waals surface area contributed by atoms with Crippen LogP contribution in [0.2, 0.25) is 24.7 Å². The van der Waals surface area contributed by atoms with E-state index < -0.39 is 8.07 Å². The fourth-order valence-corrected chi connectivity index (χ4v) is 3.14. The van der Waals surface area contributed by atoms with E-state index in [0.717, 1.165) is 16.7 Å². The van der Waals surface area contributed by atoms with Gasteiger partial charge in [-0.05, 0) is 30.3 Å². The van der Waals surface area contributed by atoms with E-state index in [1.807, 2.05) is 18.2 Å². The average Bonchev–Trinajstić information content (AvgIpc) is 2.87. The van der Waals surface area contributed by atoms with Crippen LogP contribution in [0.4, 0.5) is 4.39 Å². The molecule has 0 atom stereocenters. The number of furan rings is 1. The van der Waals surface area contributed by atoms with Gasteiger partial charge >= 0.3 is 0 Å². The van der Waals surface area contributed by atoms with Crippen LogP contribution in [0.15, 0.2) is 47.1 Å². The highest BCUT2D eigenvalue weighted by Gasteiger charge is 2.16. The van der Waals surface area contributed by atoms with Gasteiger partial charge in [0.05, 0.1) is 6.26 Å². The summed E-state index contributed by atoms with van der Waals surface area (Å²) in [5.74, 6) is 2.95. The van der Waals surface area contributed by atoms with E-state index in [1.54, 1.807) is 12.3 Å². The lowest BCUT2D eigenvalue weighted by molar-refractivity contribution is 0.610. The summed E-state index contributed by atoms with van der Waals surface area (Å²) in [6.45, 7) is 6.56. The molecule has 0 N–H and O–H groups in total. The molecule has 0 bridgehead atoms. The smallest absolute Gasteiger partial charge is 0.134 e. The maximum Gasteiger partial charge on any atom is 0.134 e. The van der Waals surface area contributed by atoms with Gasteiger partial charge < -0.3 is 4.42 Å². The summed E-state index contributed by atoms with van der Waals surface area (Å²) in [7, 11) is -1.52. The molecule has 0 aliphatic carbocycles. The van der Waals surface area contributed by atoms with Gasteiger partial charge in [-0.1, -0.05) is 43.2 Å². The van der Waals surface area contributed by atoms with E-state index in [2.05, 4.69) is 31.1 Å². The molecule has 0 amide bonds. The molecule has 0 radical (unpaired) electrons. The van der Waals surface area contributed by atoms with Crippen LogP contribution in [0.5, 0.6) is 0 Å². The minimum Gasteiger partial charge on any atom is -0.464 e. The van der Waals surface area contributed by atoms with Crippen LogP contribution in [0.1, 0.15) is 5.56 Å². The van der Waals surface area contributed by atoms with Crippen LogP contribution in [0.3, 0.4) is 0 Å². The third kappa shape index (κ3) is 3.34. The minimum absolute atomic E-state index is 0.304. The van der Waals surface area contributed by atoms with Gasteiger partial charge in [-0.2, -0.15) is 0 Å². The van der Waals surface area contributed by atoms with Gasteiger partial charge in [-0.3, -0.25) is 0 Å². The molecule has 0 aliphatic rings. The predicted octanol–water partition coefficient (Wildman–Crippen LogP) is 6.12. The first-order valence-electron chi connectivity index (χ1n) is 7.34. The van der Waals surface area contributed by atoms with E-state index >= 15 is 0 Å². The van der Waals surface area contributed by atoms with E-state index in [4.69, 9.17) is 16.0 Å². The molecule has 116 valence electrons. The molecular formula is C19H16ClFOSi. The van der Waals surface area contributed by atoms with Crippen LogP contribution >= 0.6 is 11.6 Å². The van der Waals surface area contributed by atoms with Crippen molar-refractivity contribution < 1.29 is 8.81 Å². The normalized spacial score (nSPS) is 11.3. The highest BCUT2D eigenvalue weighted by atomic mass is 35.5. The van der Waals surface area contributed by atoms with Crippen molar-refractivity contribution in [1.82, 2.24) is 0 Å². The Morgan fingerprint density at radius 1 is 1.13 bits per heavy atom. The lowest BCUT2D eigenvalue weighted by atomic mass is 9.99. The topological polar surface area (TPSA) is 13.1 Å². The Hall–Kier alpha value is -2.02. The maximum atomic E-state index is 13.6. The molecule has 1 aromatic heterocycles. The first kappa shape index (κ1) is 15.9. The van der Waals surface area contributed by atoms with Crippen LogP contribution < -0.4 is 0 Å². The molecule has 0 saturated carbocycles. The summed E-state index contributed by atoms with van der Waals surface area (Å²) in [6, 6.07) is 10.1. The monoisotopic (exact) mass is 342 g/mol. The van der Waals surface area contributed by atoms with E-state index in [1.165, 1.54) is 12.1 Å². The highest BCUT2D eigenvalue weighted by Crippen LogP contribution is 2.37. The van der Waals surface area contributed by atoms with Gasteiger partial charge in [0, 0.05) is 27.1 Å². The summed E-state index contributed by atoms with van der Waals surface area (Å²) in [4.78, 5) is 0. The van der Waals surface area contributed by atoms with E-state index in [0.29, 0.717) is 16.0 Å². The quantitative estimate of drug-likeness (QED) is 0.383. The van der Waals surface area contributed by atoms with E-state index in [-0.39, 0.29) is 5.82 Å². The molecule has 2 aromatic carbocycles. The van der Waals surface area contributed by atoms with Gasteiger partial charge in [0.15, 0.2) is 0 Å². The fourth-order valence-electron chi connectivity index (χ4n) is 2.35. The highest BCUT2D eigenvalue weighted by molar-refractivity contribution is 6.83. The first-order valence-corrected chi connectivity index (χ1v) is 11.2. The summed E-state index contributed by atoms with van der Waals surface area (Å²) < 4.78 is 19.2. The Morgan fingerprint density at radius 3 is 2.65 bits per heavy atom. The number of benzene rings is 2. The SMILES string of the molecule is C[Si](C)(C)C#Cc1cccc(Cl)c1-c1coc2ccc(F)cc12. The summed E-state index contributed by atoms with van der Waals surface area (Å²) in [5.41, 5.74) is 6.39. The van der Waals surface area contributed by atoms with Gasteiger partial charge in [0.2, 0.25) is 0 Å². The third-order valence-corrected chi connectivity index (χ3v) is 4.58. The van der Waals surface area contributed by atoms with Crippen molar-refractivity contribution in [2.75, 3.05) is 0 Å². The largest absolute Gasteiger partial charge is 0.464 e. The molecule has 0 saturated heterocycles. The zero-order valence-electron chi connectivity index (χ0n) is 13.2. The lowest BCUT2D eigenvalue weighted by Gasteiger charge is -2.08. The molecule has 23 heavy (non-hydrogen) atoms. The van der Waals surface area contributed by atoms with Gasteiger partial charge in [0.1, 0.15) is 19.5 Å². The molecule has 1 heterocycles. The number of halogens is 2. The Morgan fingerprint density at radius 2 is 1.91 bits per heavy atom. The lowest BCUT2D eigenvalue weighted by Crippen LogP contribution is -2.16. The second-order valence-electron chi connectivity index (χ2n) is 6.45. The average molecular weight is 343 g/mol. The molecule has 1 nitrogen and oxygen atoms in total. The van der Waals surface area contributed by atoms with Crippen molar-refractivity contribution in [3.8, 4) is 22.6 Å². The van der Waals surface area contributed by atoms with Crippen LogP contribution in [-0.4, -0.2) is 8.07 Å². The van der Waals surface area contributed by atoms with Crippen molar-refractivity contribution in [1.29, 1.82) is 0 Å². The van der Waals surface area contributed by atoms with Crippen molar-refractivity contribution in [2.24, 2.45) is 0 Å². The van der Waals surface area contributed by atoms with Crippen LogP contribution in [0.25, 0.3) is 22.1 Å². The zero-order valence-corrected chi connectivity index (χ0v) is 15.0. The molecule has 0 aliphatic heterocycles. The van der Waals surface area contributed by atoms with Crippen LogP contribution in [0, 0.1) is 17.3 Å². The minimum atomic E-state index is -1.52. The fraction of sp³-hybridized carbons (Fsp3) is 0.158. The molecule has 0 fully saturated rings. The zero-order chi connectivity index (χ0) is 16.6. The number of rotatable bonds is 1.